The van der Waals surface area contributed by atoms with E-state index in [1.807, 2.05) is 0 Å². The number of oxime groups is 1. The van der Waals surface area contributed by atoms with Gasteiger partial charge in [0, 0.05) is 13.5 Å². The van der Waals surface area contributed by atoms with Gasteiger partial charge in [0.1, 0.15) is 5.60 Å². The summed E-state index contributed by atoms with van der Waals surface area (Å²) in [6.07, 6.45) is -5.82. The largest absolute Gasteiger partial charge is 1.00 e. The summed E-state index contributed by atoms with van der Waals surface area (Å²) in [6.45, 7) is -0.819. The van der Waals surface area contributed by atoms with Gasteiger partial charge in [0.15, 0.2) is 20.6 Å². The zero-order valence-corrected chi connectivity index (χ0v) is 24.1. The van der Waals surface area contributed by atoms with Gasteiger partial charge in [-0.05, 0) is 13.8 Å². The minimum atomic E-state index is -5.06. The molecule has 1 aliphatic heterocycles. The Morgan fingerprint density at radius 3 is 2.31 bits per heavy atom. The van der Waals surface area contributed by atoms with Crippen molar-refractivity contribution in [3.8, 4) is 5.88 Å². The quantitative estimate of drug-likeness (QED) is 0.152. The van der Waals surface area contributed by atoms with Crippen molar-refractivity contribution < 1.29 is 117 Å². The molecule has 0 spiro atoms. The number of hydrogen-bond donors (Lipinski definition) is 4. The second kappa shape index (κ2) is 13.4. The van der Waals surface area contributed by atoms with Crippen molar-refractivity contribution in [1.29, 1.82) is 0 Å². The van der Waals surface area contributed by atoms with Crippen LogP contribution in [-0.2, 0) is 43.0 Å². The number of ether oxygens (including phenoxy) is 1. The minimum absolute atomic E-state index is 0. The van der Waals surface area contributed by atoms with Crippen molar-refractivity contribution in [3.05, 3.63) is 11.3 Å². The van der Waals surface area contributed by atoms with E-state index >= 15 is 0 Å². The number of sulfone groups is 1. The summed E-state index contributed by atoms with van der Waals surface area (Å²) >= 11 is 0. The van der Waals surface area contributed by atoms with Gasteiger partial charge in [0.05, 0.1) is 24.1 Å². The Hall–Kier alpha value is -0.704. The number of rotatable bonds is 8. The Balaban J connectivity index is 0. The molecule has 0 saturated carbocycles. The molecule has 1 aromatic rings. The topological polar surface area (TPSA) is 190 Å². The molecule has 0 radical (unpaired) electrons. The second-order valence-corrected chi connectivity index (χ2v) is 11.2. The average molecular weight is 600 g/mol. The summed E-state index contributed by atoms with van der Waals surface area (Å²) in [7, 11) is -7.53. The van der Waals surface area contributed by atoms with Gasteiger partial charge in [-0.3, -0.25) is 14.7 Å². The number of halogens is 5. The van der Waals surface area contributed by atoms with Crippen LogP contribution < -0.4 is 61.4 Å². The zero-order valence-electron chi connectivity index (χ0n) is 20.3. The number of aromatic nitrogens is 2. The number of carboxylic acid groups (broad SMARTS) is 1. The number of aryl methyl sites for hydroxylation is 1. The standard InChI is InChI=1S/C12H14F5N3O4S.C3H8NO5P.K.H/c1-11(2)4-7(19-24-11)25(21,22)5-6-8(12(15,16)17)18-20(3)9(6)23-10(13)14;5-3(6)1-4-2-10(7,8)9;;/h10H,4-5H2,1-3H3;4H,1-2H2,(H,5,6)(H2,7,8,9);;/q;;+1;-1. The summed E-state index contributed by atoms with van der Waals surface area (Å²) in [5.41, 5.74) is -3.57. The van der Waals surface area contributed by atoms with Crippen LogP contribution in [0, 0.1) is 0 Å². The van der Waals surface area contributed by atoms with Gasteiger partial charge in [-0.2, -0.15) is 27.1 Å². The van der Waals surface area contributed by atoms with Crippen molar-refractivity contribution in [2.24, 2.45) is 12.2 Å². The molecular formula is C15H23F5KN4O9PS. The van der Waals surface area contributed by atoms with Gasteiger partial charge < -0.3 is 25.9 Å². The molecule has 2 heterocycles. The molecule has 1 aromatic heterocycles. The normalized spacial score (nSPS) is 15.4. The van der Waals surface area contributed by atoms with Crippen molar-refractivity contribution in [3.63, 3.8) is 0 Å². The van der Waals surface area contributed by atoms with Crippen LogP contribution in [-0.4, -0.2) is 69.1 Å². The molecule has 4 N–H and O–H groups in total. The summed E-state index contributed by atoms with van der Waals surface area (Å²) in [4.78, 5) is 31.0. The predicted octanol–water partition coefficient (Wildman–Crippen LogP) is -1.62. The SMILES string of the molecule is Cn1nc(C(F)(F)F)c(CS(=O)(=O)C2=NOC(C)(C)C2)c1OC(F)F.O=C(O)CNCP(=O)(O)O.[H-].[K+]. The summed E-state index contributed by atoms with van der Waals surface area (Å²) in [5, 5.41) is 16.0. The molecule has 36 heavy (non-hydrogen) atoms. The van der Waals surface area contributed by atoms with Gasteiger partial charge in [0.2, 0.25) is 5.88 Å². The Labute approximate surface area is 245 Å². The zero-order chi connectivity index (χ0) is 27.4. The first-order valence-corrected chi connectivity index (χ1v) is 12.6. The fourth-order valence-electron chi connectivity index (χ4n) is 2.49. The molecule has 13 nitrogen and oxygen atoms in total. The molecule has 0 fully saturated rings. The Kier molecular flexibility index (Phi) is 13.1. The number of carboxylic acids is 1. The minimum Gasteiger partial charge on any atom is -1.00 e. The molecule has 0 unspecified atom stereocenters. The van der Waals surface area contributed by atoms with Crippen molar-refractivity contribution in [1.82, 2.24) is 15.1 Å². The number of carbonyl (C=O) groups is 1. The summed E-state index contributed by atoms with van der Waals surface area (Å²) in [5.74, 6) is -3.38. The monoisotopic (exact) mass is 600 g/mol. The van der Waals surface area contributed by atoms with Crippen LogP contribution in [0.1, 0.15) is 33.0 Å². The Morgan fingerprint density at radius 1 is 1.36 bits per heavy atom. The van der Waals surface area contributed by atoms with Crippen LogP contribution in [0.5, 0.6) is 5.88 Å². The smallest absolute Gasteiger partial charge is 1.00 e. The number of nitrogens with one attached hydrogen (secondary N) is 1. The van der Waals surface area contributed by atoms with Gasteiger partial charge >= 0.3 is 77.7 Å². The van der Waals surface area contributed by atoms with Crippen LogP contribution in [0.3, 0.4) is 0 Å². The van der Waals surface area contributed by atoms with Gasteiger partial charge in [-0.15, -0.1) is 0 Å². The first-order valence-electron chi connectivity index (χ1n) is 9.17. The third-order valence-corrected chi connectivity index (χ3v) is 6.06. The molecule has 0 atom stereocenters. The molecule has 0 bridgehead atoms. The van der Waals surface area contributed by atoms with Crippen LogP contribution in [0.4, 0.5) is 22.0 Å². The van der Waals surface area contributed by atoms with Crippen LogP contribution in [0.15, 0.2) is 5.16 Å². The maximum Gasteiger partial charge on any atom is 1.00 e. The molecule has 0 aromatic carbocycles. The maximum absolute atomic E-state index is 13.1. The fourth-order valence-corrected chi connectivity index (χ4v) is 4.42. The van der Waals surface area contributed by atoms with Crippen LogP contribution in [0.2, 0.25) is 0 Å². The Morgan fingerprint density at radius 2 is 1.92 bits per heavy atom. The van der Waals surface area contributed by atoms with E-state index in [2.05, 4.69) is 20.3 Å². The van der Waals surface area contributed by atoms with E-state index in [0.29, 0.717) is 4.68 Å². The van der Waals surface area contributed by atoms with Crippen molar-refractivity contribution >= 4 is 28.4 Å². The molecule has 204 valence electrons. The molecule has 1 aliphatic rings. The number of alkyl halides is 5. The third kappa shape index (κ3) is 11.8. The molecular weight excluding hydrogens is 577 g/mol. The predicted molar refractivity (Wildman–Crippen MR) is 108 cm³/mol. The molecule has 0 amide bonds. The maximum atomic E-state index is 13.1. The average Bonchev–Trinajstić information content (AvgIpc) is 3.14. The molecule has 2 rings (SSSR count). The van der Waals surface area contributed by atoms with E-state index in [1.54, 1.807) is 0 Å². The van der Waals surface area contributed by atoms with Gasteiger partial charge in [-0.25, -0.2) is 13.1 Å². The second-order valence-electron chi connectivity index (χ2n) is 7.55. The van der Waals surface area contributed by atoms with E-state index in [9.17, 15) is 39.7 Å². The first kappa shape index (κ1) is 35.3. The molecule has 0 aliphatic carbocycles. The summed E-state index contributed by atoms with van der Waals surface area (Å²) in [6, 6.07) is 0. The van der Waals surface area contributed by atoms with E-state index in [-0.39, 0.29) is 59.2 Å². The Bertz CT molecular complexity index is 1110. The van der Waals surface area contributed by atoms with Crippen molar-refractivity contribution in [2.75, 3.05) is 12.8 Å². The van der Waals surface area contributed by atoms with E-state index in [1.165, 1.54) is 13.8 Å². The van der Waals surface area contributed by atoms with Crippen LogP contribution in [0.25, 0.3) is 0 Å². The number of hydrogen-bond acceptors (Lipinski definition) is 9. The van der Waals surface area contributed by atoms with Gasteiger partial charge in [-0.1, -0.05) is 5.16 Å². The van der Waals surface area contributed by atoms with E-state index in [4.69, 9.17) is 19.7 Å². The molecule has 21 heteroatoms. The first-order chi connectivity index (χ1) is 15.6. The molecule has 0 saturated heterocycles. The van der Waals surface area contributed by atoms with E-state index < -0.39 is 82.6 Å². The number of nitrogens with zero attached hydrogens (tertiary/aromatic N) is 3. The van der Waals surface area contributed by atoms with Crippen molar-refractivity contribution in [2.45, 2.75) is 44.4 Å². The van der Waals surface area contributed by atoms with Crippen LogP contribution >= 0.6 is 7.60 Å². The van der Waals surface area contributed by atoms with Gasteiger partial charge in [0.25, 0.3) is 0 Å². The third-order valence-electron chi connectivity index (χ3n) is 3.82. The van der Waals surface area contributed by atoms with E-state index in [0.717, 1.165) is 7.05 Å². The fraction of sp³-hybridized carbons (Fsp3) is 0.667. The summed E-state index contributed by atoms with van der Waals surface area (Å²) < 4.78 is 103. The number of aliphatic carboxylic acids is 1.